The lowest BCUT2D eigenvalue weighted by Gasteiger charge is -2.26. The molecule has 2 aromatic carbocycles. The minimum absolute atomic E-state index is 0.437. The van der Waals surface area contributed by atoms with E-state index in [1.54, 1.807) is 6.20 Å². The Morgan fingerprint density at radius 2 is 1.83 bits per heavy atom. The highest BCUT2D eigenvalue weighted by Gasteiger charge is 2.34. The molecule has 4 nitrogen and oxygen atoms in total. The van der Waals surface area contributed by atoms with Gasteiger partial charge in [-0.3, -0.25) is 4.90 Å². The SMILES string of the molecule is CN(CC1CN(Cc2ccccc2)CC1c1ccc(Cl)cc1)c1ccc(C#N)cn1. The molecule has 4 rings (SSSR count). The number of hydrogen-bond donors (Lipinski definition) is 0. The molecule has 0 spiro atoms. The zero-order valence-corrected chi connectivity index (χ0v) is 17.8. The van der Waals surface area contributed by atoms with Crippen LogP contribution in [0.2, 0.25) is 5.02 Å². The van der Waals surface area contributed by atoms with E-state index >= 15 is 0 Å². The molecular formula is C25H25ClN4. The van der Waals surface area contributed by atoms with Crippen LogP contribution in [0, 0.1) is 17.2 Å². The summed E-state index contributed by atoms with van der Waals surface area (Å²) in [5, 5.41) is 9.78. The number of nitriles is 1. The third-order valence-electron chi connectivity index (χ3n) is 5.84. The fourth-order valence-corrected chi connectivity index (χ4v) is 4.45. The molecule has 0 N–H and O–H groups in total. The first-order valence-corrected chi connectivity index (χ1v) is 10.6. The lowest BCUT2D eigenvalue weighted by molar-refractivity contribution is 0.316. The van der Waals surface area contributed by atoms with Crippen molar-refractivity contribution in [1.82, 2.24) is 9.88 Å². The van der Waals surface area contributed by atoms with Gasteiger partial charge in [0, 0.05) is 50.4 Å². The standard InChI is InChI=1S/C25H25ClN4/c1-29(25-12-7-20(13-27)14-28-25)16-22-17-30(15-19-5-3-2-4-6-19)18-24(22)21-8-10-23(26)11-9-21/h2-12,14,22,24H,15-18H2,1H3. The molecule has 0 aliphatic carbocycles. The molecule has 0 radical (unpaired) electrons. The van der Waals surface area contributed by atoms with Gasteiger partial charge in [-0.15, -0.1) is 0 Å². The third-order valence-corrected chi connectivity index (χ3v) is 6.09. The Morgan fingerprint density at radius 3 is 2.50 bits per heavy atom. The van der Waals surface area contributed by atoms with E-state index in [1.165, 1.54) is 11.1 Å². The predicted molar refractivity (Wildman–Crippen MR) is 122 cm³/mol. The van der Waals surface area contributed by atoms with Crippen LogP contribution in [-0.2, 0) is 6.54 Å². The third kappa shape index (κ3) is 4.81. The van der Waals surface area contributed by atoms with Crippen molar-refractivity contribution in [1.29, 1.82) is 5.26 Å². The molecule has 1 aliphatic heterocycles. The van der Waals surface area contributed by atoms with Crippen LogP contribution in [0.3, 0.4) is 0 Å². The van der Waals surface area contributed by atoms with Crippen LogP contribution in [-0.4, -0.2) is 36.6 Å². The first-order valence-electron chi connectivity index (χ1n) is 10.2. The summed E-state index contributed by atoms with van der Waals surface area (Å²) in [6.07, 6.45) is 1.64. The first-order chi connectivity index (χ1) is 14.6. The van der Waals surface area contributed by atoms with Crippen LogP contribution in [0.1, 0.15) is 22.6 Å². The summed E-state index contributed by atoms with van der Waals surface area (Å²) >= 11 is 6.13. The molecule has 0 bridgehead atoms. The maximum absolute atomic E-state index is 9.01. The van der Waals surface area contributed by atoms with Crippen LogP contribution in [0.4, 0.5) is 5.82 Å². The monoisotopic (exact) mass is 416 g/mol. The van der Waals surface area contributed by atoms with Crippen molar-refractivity contribution >= 4 is 17.4 Å². The van der Waals surface area contributed by atoms with Crippen molar-refractivity contribution in [3.8, 4) is 6.07 Å². The topological polar surface area (TPSA) is 43.2 Å². The minimum Gasteiger partial charge on any atom is -0.359 e. The van der Waals surface area contributed by atoms with Gasteiger partial charge < -0.3 is 4.90 Å². The van der Waals surface area contributed by atoms with Crippen LogP contribution in [0.5, 0.6) is 0 Å². The van der Waals surface area contributed by atoms with Crippen LogP contribution >= 0.6 is 11.6 Å². The second-order valence-electron chi connectivity index (χ2n) is 8.00. The number of anilines is 1. The summed E-state index contributed by atoms with van der Waals surface area (Å²) in [7, 11) is 2.08. The molecule has 0 amide bonds. The number of nitrogens with zero attached hydrogens (tertiary/aromatic N) is 4. The molecule has 3 aromatic rings. The Kier molecular flexibility index (Phi) is 6.32. The molecule has 0 saturated carbocycles. The van der Waals surface area contributed by atoms with Crippen LogP contribution < -0.4 is 4.90 Å². The number of likely N-dealkylation sites (tertiary alicyclic amines) is 1. The fourth-order valence-electron chi connectivity index (χ4n) is 4.33. The van der Waals surface area contributed by atoms with Gasteiger partial charge in [-0.25, -0.2) is 4.98 Å². The lowest BCUT2D eigenvalue weighted by atomic mass is 9.88. The second-order valence-corrected chi connectivity index (χ2v) is 8.43. The van der Waals surface area contributed by atoms with Crippen molar-refractivity contribution in [3.63, 3.8) is 0 Å². The molecule has 2 unspecified atom stereocenters. The normalized spacial score (nSPS) is 18.8. The van der Waals surface area contributed by atoms with Crippen molar-refractivity contribution in [3.05, 3.63) is 94.6 Å². The van der Waals surface area contributed by atoms with Gasteiger partial charge in [0.2, 0.25) is 0 Å². The zero-order chi connectivity index (χ0) is 20.9. The van der Waals surface area contributed by atoms with Gasteiger partial charge in [-0.1, -0.05) is 54.1 Å². The van der Waals surface area contributed by atoms with Gasteiger partial charge in [0.1, 0.15) is 11.9 Å². The molecule has 2 heterocycles. The van der Waals surface area contributed by atoms with Gasteiger partial charge in [0.05, 0.1) is 5.56 Å². The van der Waals surface area contributed by atoms with Crippen LogP contribution in [0.15, 0.2) is 72.9 Å². The largest absolute Gasteiger partial charge is 0.359 e. The number of benzene rings is 2. The fraction of sp³-hybridized carbons (Fsp3) is 0.280. The Labute approximate surface area is 183 Å². The maximum atomic E-state index is 9.01. The van der Waals surface area contributed by atoms with Gasteiger partial charge in [0.15, 0.2) is 0 Å². The number of halogens is 1. The molecule has 152 valence electrons. The Morgan fingerprint density at radius 1 is 1.07 bits per heavy atom. The van der Waals surface area contributed by atoms with Crippen molar-refractivity contribution in [2.75, 3.05) is 31.6 Å². The summed E-state index contributed by atoms with van der Waals surface area (Å²) in [4.78, 5) is 9.20. The average Bonchev–Trinajstić information content (AvgIpc) is 3.17. The molecule has 5 heteroatoms. The maximum Gasteiger partial charge on any atom is 0.128 e. The van der Waals surface area contributed by atoms with Gasteiger partial charge in [-0.2, -0.15) is 5.26 Å². The number of rotatable bonds is 6. The highest BCUT2D eigenvalue weighted by molar-refractivity contribution is 6.30. The highest BCUT2D eigenvalue weighted by Crippen LogP contribution is 2.35. The summed E-state index contributed by atoms with van der Waals surface area (Å²) in [6.45, 7) is 3.91. The molecule has 1 aliphatic rings. The quantitative estimate of drug-likeness (QED) is 0.569. The summed E-state index contributed by atoms with van der Waals surface area (Å²) in [5.74, 6) is 1.80. The second kappa shape index (κ2) is 9.30. The summed E-state index contributed by atoms with van der Waals surface area (Å²) < 4.78 is 0. The van der Waals surface area contributed by atoms with E-state index in [0.29, 0.717) is 17.4 Å². The average molecular weight is 417 g/mol. The minimum atomic E-state index is 0.437. The number of hydrogen-bond acceptors (Lipinski definition) is 4. The van der Waals surface area contributed by atoms with E-state index in [9.17, 15) is 0 Å². The molecule has 1 fully saturated rings. The Balaban J connectivity index is 1.52. The Bertz CT molecular complexity index is 996. The molecule has 1 aromatic heterocycles. The molecule has 2 atom stereocenters. The van der Waals surface area contributed by atoms with E-state index in [4.69, 9.17) is 16.9 Å². The van der Waals surface area contributed by atoms with Gasteiger partial charge >= 0.3 is 0 Å². The van der Waals surface area contributed by atoms with Crippen molar-refractivity contribution in [2.24, 2.45) is 5.92 Å². The van der Waals surface area contributed by atoms with Crippen molar-refractivity contribution < 1.29 is 0 Å². The smallest absolute Gasteiger partial charge is 0.128 e. The molecular weight excluding hydrogens is 392 g/mol. The van der Waals surface area contributed by atoms with E-state index in [1.807, 2.05) is 24.3 Å². The van der Waals surface area contributed by atoms with E-state index < -0.39 is 0 Å². The van der Waals surface area contributed by atoms with Gasteiger partial charge in [0.25, 0.3) is 0 Å². The van der Waals surface area contributed by atoms with E-state index in [-0.39, 0.29) is 0 Å². The molecule has 1 saturated heterocycles. The summed E-state index contributed by atoms with van der Waals surface area (Å²) in [6, 6.07) is 24.8. The van der Waals surface area contributed by atoms with Crippen LogP contribution in [0.25, 0.3) is 0 Å². The van der Waals surface area contributed by atoms with Crippen molar-refractivity contribution in [2.45, 2.75) is 12.5 Å². The number of aromatic nitrogens is 1. The highest BCUT2D eigenvalue weighted by atomic mass is 35.5. The first kappa shape index (κ1) is 20.4. The Hall–Kier alpha value is -2.87. The number of pyridine rings is 1. The lowest BCUT2D eigenvalue weighted by Crippen LogP contribution is -2.30. The summed E-state index contributed by atoms with van der Waals surface area (Å²) in [5.41, 5.74) is 3.26. The zero-order valence-electron chi connectivity index (χ0n) is 17.1. The van der Waals surface area contributed by atoms with Gasteiger partial charge in [-0.05, 0) is 41.3 Å². The van der Waals surface area contributed by atoms with E-state index in [0.717, 1.165) is 37.0 Å². The van der Waals surface area contributed by atoms with E-state index in [2.05, 4.69) is 70.4 Å². The molecule has 30 heavy (non-hydrogen) atoms. The predicted octanol–water partition coefficient (Wildman–Crippen LogP) is 4.96.